The van der Waals surface area contributed by atoms with Crippen LogP contribution in [0.25, 0.3) is 0 Å². The lowest BCUT2D eigenvalue weighted by Gasteiger charge is -2.27. The van der Waals surface area contributed by atoms with Crippen LogP contribution in [0.4, 0.5) is 4.39 Å². The van der Waals surface area contributed by atoms with Crippen LogP contribution in [0.5, 0.6) is 0 Å². The minimum Gasteiger partial charge on any atom is -0.305 e. The maximum atomic E-state index is 13.9. The van der Waals surface area contributed by atoms with Crippen molar-refractivity contribution in [3.63, 3.8) is 0 Å². The Bertz CT molecular complexity index is 435. The second kappa shape index (κ2) is 5.59. The van der Waals surface area contributed by atoms with Crippen molar-refractivity contribution in [3.05, 3.63) is 35.6 Å². The largest absolute Gasteiger partial charge is 0.305 e. The standard InChI is InChI=1S/C16H23FN2/c1-2-14(12-6-3-4-7-13(12)17)18-15-9-11-19-10-5-8-16(15)19/h3-4,6-7,14-16,18H,2,5,8-11H2,1H3. The van der Waals surface area contributed by atoms with Crippen LogP contribution in [0.1, 0.15) is 44.2 Å². The molecule has 104 valence electrons. The molecule has 1 N–H and O–H groups in total. The Balaban J connectivity index is 1.72. The summed E-state index contributed by atoms with van der Waals surface area (Å²) < 4.78 is 13.9. The van der Waals surface area contributed by atoms with Crippen LogP contribution in [0, 0.1) is 5.82 Å². The summed E-state index contributed by atoms with van der Waals surface area (Å²) in [5, 5.41) is 3.71. The first-order valence-electron chi connectivity index (χ1n) is 7.54. The van der Waals surface area contributed by atoms with Crippen molar-refractivity contribution in [2.45, 2.75) is 50.7 Å². The SMILES string of the molecule is CCC(NC1CCN2CCCC12)c1ccccc1F. The molecule has 0 bridgehead atoms. The molecule has 2 heterocycles. The fraction of sp³-hybridized carbons (Fsp3) is 0.625. The van der Waals surface area contributed by atoms with Crippen LogP contribution in [0.2, 0.25) is 0 Å². The minimum absolute atomic E-state index is 0.0804. The van der Waals surface area contributed by atoms with Crippen molar-refractivity contribution in [1.29, 1.82) is 0 Å². The third-order valence-electron chi connectivity index (χ3n) is 4.71. The molecule has 0 spiro atoms. The zero-order valence-corrected chi connectivity index (χ0v) is 11.6. The van der Waals surface area contributed by atoms with Gasteiger partial charge in [-0.15, -0.1) is 0 Å². The summed E-state index contributed by atoms with van der Waals surface area (Å²) in [6.07, 6.45) is 4.75. The van der Waals surface area contributed by atoms with Crippen LogP contribution in [-0.2, 0) is 0 Å². The van der Waals surface area contributed by atoms with Gasteiger partial charge in [0.1, 0.15) is 5.82 Å². The molecule has 1 aromatic rings. The number of benzene rings is 1. The summed E-state index contributed by atoms with van der Waals surface area (Å²) in [6, 6.07) is 8.53. The van der Waals surface area contributed by atoms with Crippen LogP contribution in [-0.4, -0.2) is 30.1 Å². The van der Waals surface area contributed by atoms with Crippen LogP contribution in [0.15, 0.2) is 24.3 Å². The molecule has 2 aliphatic rings. The number of nitrogens with zero attached hydrogens (tertiary/aromatic N) is 1. The van der Waals surface area contributed by atoms with E-state index in [2.05, 4.69) is 17.1 Å². The Hall–Kier alpha value is -0.930. The average Bonchev–Trinajstić information content (AvgIpc) is 3.01. The van der Waals surface area contributed by atoms with Crippen LogP contribution in [0.3, 0.4) is 0 Å². The molecule has 2 aliphatic heterocycles. The topological polar surface area (TPSA) is 15.3 Å². The first-order chi connectivity index (χ1) is 9.29. The Morgan fingerprint density at radius 3 is 2.95 bits per heavy atom. The second-order valence-electron chi connectivity index (χ2n) is 5.79. The zero-order valence-electron chi connectivity index (χ0n) is 11.6. The predicted molar refractivity (Wildman–Crippen MR) is 75.6 cm³/mol. The molecule has 2 saturated heterocycles. The van der Waals surface area contributed by atoms with Gasteiger partial charge in [-0.2, -0.15) is 0 Å². The summed E-state index contributed by atoms with van der Waals surface area (Å²) in [6.45, 7) is 4.58. The van der Waals surface area contributed by atoms with Gasteiger partial charge in [-0.25, -0.2) is 4.39 Å². The highest BCUT2D eigenvalue weighted by atomic mass is 19.1. The minimum atomic E-state index is -0.0804. The van der Waals surface area contributed by atoms with Gasteiger partial charge >= 0.3 is 0 Å². The van der Waals surface area contributed by atoms with Gasteiger partial charge in [0.25, 0.3) is 0 Å². The molecule has 3 rings (SSSR count). The van der Waals surface area contributed by atoms with Gasteiger partial charge in [0, 0.05) is 30.2 Å². The summed E-state index contributed by atoms with van der Waals surface area (Å²) >= 11 is 0. The average molecular weight is 262 g/mol. The molecular formula is C16H23FN2. The van der Waals surface area contributed by atoms with E-state index in [0.29, 0.717) is 12.1 Å². The third kappa shape index (κ3) is 2.54. The second-order valence-corrected chi connectivity index (χ2v) is 5.79. The van der Waals surface area contributed by atoms with Crippen molar-refractivity contribution in [2.75, 3.05) is 13.1 Å². The van der Waals surface area contributed by atoms with Gasteiger partial charge in [-0.05, 0) is 38.3 Å². The van der Waals surface area contributed by atoms with E-state index in [-0.39, 0.29) is 11.9 Å². The monoisotopic (exact) mass is 262 g/mol. The molecule has 2 fully saturated rings. The Morgan fingerprint density at radius 1 is 1.32 bits per heavy atom. The van der Waals surface area contributed by atoms with E-state index in [1.165, 1.54) is 32.4 Å². The van der Waals surface area contributed by atoms with E-state index in [4.69, 9.17) is 0 Å². The lowest BCUT2D eigenvalue weighted by molar-refractivity contribution is 0.286. The molecule has 0 saturated carbocycles. The molecular weight excluding hydrogens is 239 g/mol. The number of rotatable bonds is 4. The molecule has 1 aromatic carbocycles. The van der Waals surface area contributed by atoms with Gasteiger partial charge in [0.05, 0.1) is 0 Å². The lowest BCUT2D eigenvalue weighted by atomic mass is 10.00. The van der Waals surface area contributed by atoms with E-state index in [0.717, 1.165) is 12.0 Å². The molecule has 3 atom stereocenters. The molecule has 0 aliphatic carbocycles. The number of hydrogen-bond acceptors (Lipinski definition) is 2. The van der Waals surface area contributed by atoms with E-state index >= 15 is 0 Å². The van der Waals surface area contributed by atoms with E-state index < -0.39 is 0 Å². The zero-order chi connectivity index (χ0) is 13.2. The molecule has 19 heavy (non-hydrogen) atoms. The summed E-state index contributed by atoms with van der Waals surface area (Å²) in [5.41, 5.74) is 0.821. The van der Waals surface area contributed by atoms with Crippen molar-refractivity contribution in [3.8, 4) is 0 Å². The normalized spacial score (nSPS) is 28.5. The lowest BCUT2D eigenvalue weighted by Crippen LogP contribution is -2.41. The van der Waals surface area contributed by atoms with E-state index in [1.807, 2.05) is 12.1 Å². The Kier molecular flexibility index (Phi) is 3.85. The van der Waals surface area contributed by atoms with E-state index in [9.17, 15) is 4.39 Å². The molecule has 3 heteroatoms. The number of halogens is 1. The summed E-state index contributed by atoms with van der Waals surface area (Å²) in [5.74, 6) is -0.0804. The van der Waals surface area contributed by atoms with Crippen molar-refractivity contribution in [2.24, 2.45) is 0 Å². The highest BCUT2D eigenvalue weighted by molar-refractivity contribution is 5.21. The quantitative estimate of drug-likeness (QED) is 0.897. The predicted octanol–water partition coefficient (Wildman–Crippen LogP) is 3.10. The summed E-state index contributed by atoms with van der Waals surface area (Å²) in [4.78, 5) is 2.59. The number of hydrogen-bond donors (Lipinski definition) is 1. The van der Waals surface area contributed by atoms with Crippen LogP contribution < -0.4 is 5.32 Å². The highest BCUT2D eigenvalue weighted by Crippen LogP contribution is 2.30. The fourth-order valence-electron chi connectivity index (χ4n) is 3.72. The van der Waals surface area contributed by atoms with Crippen LogP contribution >= 0.6 is 0 Å². The first-order valence-corrected chi connectivity index (χ1v) is 7.54. The third-order valence-corrected chi connectivity index (χ3v) is 4.71. The maximum Gasteiger partial charge on any atom is 0.127 e. The molecule has 3 unspecified atom stereocenters. The highest BCUT2D eigenvalue weighted by Gasteiger charge is 2.37. The van der Waals surface area contributed by atoms with Gasteiger partial charge in [-0.3, -0.25) is 4.90 Å². The smallest absolute Gasteiger partial charge is 0.127 e. The number of fused-ring (bicyclic) bond motifs is 1. The molecule has 0 aromatic heterocycles. The maximum absolute atomic E-state index is 13.9. The van der Waals surface area contributed by atoms with Gasteiger partial charge in [0.2, 0.25) is 0 Å². The van der Waals surface area contributed by atoms with Gasteiger partial charge < -0.3 is 5.32 Å². The summed E-state index contributed by atoms with van der Waals surface area (Å²) in [7, 11) is 0. The van der Waals surface area contributed by atoms with Gasteiger partial charge in [0.15, 0.2) is 0 Å². The van der Waals surface area contributed by atoms with Crippen molar-refractivity contribution >= 4 is 0 Å². The Labute approximate surface area is 115 Å². The number of nitrogens with one attached hydrogen (secondary N) is 1. The van der Waals surface area contributed by atoms with Crippen molar-refractivity contribution in [1.82, 2.24) is 10.2 Å². The molecule has 2 nitrogen and oxygen atoms in total. The molecule has 0 radical (unpaired) electrons. The first kappa shape index (κ1) is 13.1. The van der Waals surface area contributed by atoms with E-state index in [1.54, 1.807) is 12.1 Å². The Morgan fingerprint density at radius 2 is 2.16 bits per heavy atom. The fourth-order valence-corrected chi connectivity index (χ4v) is 3.72. The van der Waals surface area contributed by atoms with Gasteiger partial charge in [-0.1, -0.05) is 25.1 Å². The van der Waals surface area contributed by atoms with Crippen molar-refractivity contribution < 1.29 is 4.39 Å². The molecule has 0 amide bonds.